The van der Waals surface area contributed by atoms with Crippen LogP contribution in [0.2, 0.25) is 0 Å². The molecule has 3 aliphatic heterocycles. The highest BCUT2D eigenvalue weighted by atomic mass is 19.4. The molecule has 212 valence electrons. The number of alkyl halides is 6. The molecule has 3 saturated heterocycles. The number of likely N-dealkylation sites (tertiary alicyclic amines) is 2. The summed E-state index contributed by atoms with van der Waals surface area (Å²) < 4.78 is 72.0. The third-order valence-corrected chi connectivity index (χ3v) is 6.28. The van der Waals surface area contributed by atoms with Gasteiger partial charge in [0, 0.05) is 45.0 Å². The Balaban J connectivity index is 0.000000286. The molecule has 1 spiro atoms. The van der Waals surface area contributed by atoms with E-state index in [9.17, 15) is 26.3 Å². The molecule has 2 N–H and O–H groups in total. The Morgan fingerprint density at radius 2 is 1.57 bits per heavy atom. The number of rotatable bonds is 4. The molecule has 0 saturated carbocycles. The Bertz CT molecular complexity index is 864. The summed E-state index contributed by atoms with van der Waals surface area (Å²) in [7, 11) is 1.99. The average molecular weight is 547 g/mol. The highest BCUT2D eigenvalue weighted by Gasteiger charge is 2.43. The molecule has 2 atom stereocenters. The molecule has 4 rings (SSSR count). The Kier molecular flexibility index (Phi) is 10.8. The van der Waals surface area contributed by atoms with E-state index >= 15 is 0 Å². The largest absolute Gasteiger partial charge is 0.490 e. The second-order valence-electron chi connectivity index (χ2n) is 9.41. The van der Waals surface area contributed by atoms with Crippen molar-refractivity contribution in [3.63, 3.8) is 0 Å². The average Bonchev–Trinajstić information content (AvgIpc) is 3.51. The zero-order valence-electron chi connectivity index (χ0n) is 20.4. The summed E-state index contributed by atoms with van der Waals surface area (Å²) in [6.45, 7) is 6.98. The predicted octanol–water partition coefficient (Wildman–Crippen LogP) is 3.30. The van der Waals surface area contributed by atoms with Crippen LogP contribution in [0.3, 0.4) is 0 Å². The molecule has 0 aliphatic carbocycles. The van der Waals surface area contributed by atoms with E-state index in [1.165, 1.54) is 57.2 Å². The van der Waals surface area contributed by atoms with E-state index in [0.29, 0.717) is 6.10 Å². The van der Waals surface area contributed by atoms with Crippen LogP contribution < -0.4 is 0 Å². The van der Waals surface area contributed by atoms with Crippen LogP contribution in [-0.2, 0) is 27.9 Å². The molecule has 9 nitrogen and oxygen atoms in total. The number of carboxylic acids is 2. The number of hydrogen-bond donors (Lipinski definition) is 2. The van der Waals surface area contributed by atoms with Crippen molar-refractivity contribution in [2.45, 2.75) is 69.1 Å². The molecule has 0 amide bonds. The van der Waals surface area contributed by atoms with E-state index in [1.54, 1.807) is 0 Å². The van der Waals surface area contributed by atoms with Gasteiger partial charge < -0.3 is 19.8 Å². The zero-order valence-corrected chi connectivity index (χ0v) is 20.4. The molecule has 1 aromatic rings. The molecule has 0 bridgehead atoms. The fraction of sp³-hybridized carbons (Fsp3) is 0.773. The second-order valence-corrected chi connectivity index (χ2v) is 9.41. The number of ether oxygens (including phenoxy) is 1. The molecular formula is C22H32F6N4O5. The summed E-state index contributed by atoms with van der Waals surface area (Å²) in [4.78, 5) is 22.9. The topological polar surface area (TPSA) is 108 Å². The minimum atomic E-state index is -5.08. The highest BCUT2D eigenvalue weighted by molar-refractivity contribution is 5.73. The first kappa shape index (κ1) is 30.8. The van der Waals surface area contributed by atoms with Crippen LogP contribution in [0, 0.1) is 0 Å². The lowest BCUT2D eigenvalue weighted by Gasteiger charge is -2.40. The third-order valence-electron chi connectivity index (χ3n) is 6.28. The lowest BCUT2D eigenvalue weighted by Crippen LogP contribution is -2.46. The minimum Gasteiger partial charge on any atom is -0.475 e. The van der Waals surface area contributed by atoms with Gasteiger partial charge in [-0.25, -0.2) is 9.59 Å². The quantitative estimate of drug-likeness (QED) is 0.554. The monoisotopic (exact) mass is 546 g/mol. The molecule has 4 heterocycles. The van der Waals surface area contributed by atoms with Crippen molar-refractivity contribution in [1.82, 2.24) is 19.6 Å². The number of nitrogens with zero attached hydrogens (tertiary/aromatic N) is 4. The van der Waals surface area contributed by atoms with Gasteiger partial charge in [-0.05, 0) is 51.6 Å². The summed E-state index contributed by atoms with van der Waals surface area (Å²) in [6.07, 6.45) is 2.18. The molecule has 0 radical (unpaired) electrons. The summed E-state index contributed by atoms with van der Waals surface area (Å²) in [6, 6.07) is 0. The number of halogens is 6. The van der Waals surface area contributed by atoms with Crippen LogP contribution in [0.5, 0.6) is 0 Å². The van der Waals surface area contributed by atoms with Gasteiger partial charge in [0.1, 0.15) is 0 Å². The number of carbonyl (C=O) groups is 2. The zero-order chi connectivity index (χ0) is 27.9. The lowest BCUT2D eigenvalue weighted by molar-refractivity contribution is -0.193. The van der Waals surface area contributed by atoms with Crippen molar-refractivity contribution < 1.29 is 50.9 Å². The molecule has 1 aromatic heterocycles. The summed E-state index contributed by atoms with van der Waals surface area (Å²) >= 11 is 0. The van der Waals surface area contributed by atoms with E-state index in [0.717, 1.165) is 26.2 Å². The van der Waals surface area contributed by atoms with Crippen molar-refractivity contribution >= 4 is 11.9 Å². The van der Waals surface area contributed by atoms with Gasteiger partial charge in [-0.3, -0.25) is 9.58 Å². The summed E-state index contributed by atoms with van der Waals surface area (Å²) in [5, 5.41) is 18.5. The first-order valence-corrected chi connectivity index (χ1v) is 11.8. The highest BCUT2D eigenvalue weighted by Crippen LogP contribution is 2.37. The number of aromatic nitrogens is 2. The van der Waals surface area contributed by atoms with Gasteiger partial charge in [-0.15, -0.1) is 0 Å². The maximum atomic E-state index is 10.6. The maximum Gasteiger partial charge on any atom is 0.490 e. The van der Waals surface area contributed by atoms with E-state index in [1.807, 2.05) is 17.9 Å². The van der Waals surface area contributed by atoms with Crippen molar-refractivity contribution in [3.8, 4) is 0 Å². The van der Waals surface area contributed by atoms with E-state index in [2.05, 4.69) is 21.1 Å². The molecule has 3 fully saturated rings. The fourth-order valence-electron chi connectivity index (χ4n) is 4.68. The number of hydrogen-bond acceptors (Lipinski definition) is 6. The Morgan fingerprint density at radius 1 is 1.00 bits per heavy atom. The van der Waals surface area contributed by atoms with E-state index < -0.39 is 24.3 Å². The van der Waals surface area contributed by atoms with Crippen LogP contribution in [0.15, 0.2) is 12.4 Å². The normalized spacial score (nSPS) is 24.8. The summed E-state index contributed by atoms with van der Waals surface area (Å²) in [5.41, 5.74) is 1.44. The van der Waals surface area contributed by atoms with E-state index in [-0.39, 0.29) is 5.60 Å². The smallest absolute Gasteiger partial charge is 0.475 e. The van der Waals surface area contributed by atoms with Gasteiger partial charge in [0.25, 0.3) is 0 Å². The number of carboxylic acid groups (broad SMARTS) is 2. The van der Waals surface area contributed by atoms with Gasteiger partial charge in [0.15, 0.2) is 0 Å². The first-order valence-electron chi connectivity index (χ1n) is 11.8. The second kappa shape index (κ2) is 12.9. The molecular weight excluding hydrogens is 514 g/mol. The van der Waals surface area contributed by atoms with Crippen molar-refractivity contribution in [2.24, 2.45) is 7.05 Å². The van der Waals surface area contributed by atoms with Crippen molar-refractivity contribution in [3.05, 3.63) is 18.0 Å². The molecule has 0 unspecified atom stereocenters. The Hall–Kier alpha value is -2.39. The molecule has 3 aliphatic rings. The van der Waals surface area contributed by atoms with Crippen molar-refractivity contribution in [1.29, 1.82) is 0 Å². The van der Waals surface area contributed by atoms with Crippen LogP contribution >= 0.6 is 0 Å². The third kappa shape index (κ3) is 10.5. The lowest BCUT2D eigenvalue weighted by atomic mass is 9.90. The summed E-state index contributed by atoms with van der Waals surface area (Å²) in [5.74, 6) is -5.51. The fourth-order valence-corrected chi connectivity index (χ4v) is 4.68. The van der Waals surface area contributed by atoms with Crippen LogP contribution in [0.25, 0.3) is 0 Å². The minimum absolute atomic E-state index is 0.130. The first-order chi connectivity index (χ1) is 17.1. The van der Waals surface area contributed by atoms with Crippen LogP contribution in [0.1, 0.15) is 44.1 Å². The number of aryl methyl sites for hydroxylation is 1. The van der Waals surface area contributed by atoms with Gasteiger partial charge >= 0.3 is 24.3 Å². The predicted molar refractivity (Wildman–Crippen MR) is 118 cm³/mol. The van der Waals surface area contributed by atoms with Gasteiger partial charge in [-0.2, -0.15) is 31.4 Å². The standard InChI is InChI=1S/C18H30N4O.2C2HF3O2/c1-20-12-16(11-19-20)13-22-10-7-18(15-22)6-4-5-17(23-18)14-21-8-2-3-9-21;2*3-2(4,5)1(6)7/h11-12,17H,2-10,13-15H2,1H3;2*(H,6,7)/t17-,18+;;/m0../s1. The van der Waals surface area contributed by atoms with Crippen molar-refractivity contribution in [2.75, 3.05) is 32.7 Å². The molecule has 37 heavy (non-hydrogen) atoms. The number of aliphatic carboxylic acids is 2. The van der Waals surface area contributed by atoms with Gasteiger partial charge in [0.2, 0.25) is 0 Å². The van der Waals surface area contributed by atoms with Crippen LogP contribution in [-0.4, -0.2) is 98.5 Å². The Morgan fingerprint density at radius 3 is 2.05 bits per heavy atom. The SMILES string of the molecule is Cn1cc(CN2CC[C@]3(CCC[C@@H](CN4CCCC4)O3)C2)cn1.O=C(O)C(F)(F)F.O=C(O)C(F)(F)F. The molecule has 0 aromatic carbocycles. The van der Waals surface area contributed by atoms with Crippen LogP contribution in [0.4, 0.5) is 26.3 Å². The molecule has 15 heteroatoms. The van der Waals surface area contributed by atoms with E-state index in [4.69, 9.17) is 24.5 Å². The van der Waals surface area contributed by atoms with Gasteiger partial charge in [-0.1, -0.05) is 0 Å². The Labute approximate surface area is 210 Å². The maximum absolute atomic E-state index is 10.6. The van der Waals surface area contributed by atoms with Gasteiger partial charge in [0.05, 0.1) is 17.9 Å².